The van der Waals surface area contributed by atoms with Crippen LogP contribution in [0.3, 0.4) is 0 Å². The summed E-state index contributed by atoms with van der Waals surface area (Å²) in [6, 6.07) is 5.10. The van der Waals surface area contributed by atoms with Crippen LogP contribution in [-0.4, -0.2) is 23.1 Å². The Morgan fingerprint density at radius 2 is 1.90 bits per heavy atom. The molecule has 106 valence electrons. The molecule has 1 N–H and O–H groups in total. The lowest BCUT2D eigenvalue weighted by atomic mass is 10.3. The molecule has 0 radical (unpaired) electrons. The summed E-state index contributed by atoms with van der Waals surface area (Å²) < 4.78 is 26.4. The molecule has 0 fully saturated rings. The third kappa shape index (κ3) is 3.20. The lowest BCUT2D eigenvalue weighted by molar-refractivity contribution is 0.586. The van der Waals surface area contributed by atoms with Crippen molar-refractivity contribution in [2.75, 3.05) is 23.3 Å². The van der Waals surface area contributed by atoms with Gasteiger partial charge in [0, 0.05) is 25.4 Å². The third-order valence-corrected chi connectivity index (χ3v) is 2.91. The van der Waals surface area contributed by atoms with Gasteiger partial charge in [0.1, 0.15) is 17.5 Å². The zero-order valence-electron chi connectivity index (χ0n) is 11.4. The normalized spacial score (nSPS) is 10.4. The van der Waals surface area contributed by atoms with E-state index in [0.717, 1.165) is 25.0 Å². The third-order valence-electron chi connectivity index (χ3n) is 2.91. The van der Waals surface area contributed by atoms with Crippen molar-refractivity contribution in [1.82, 2.24) is 9.97 Å². The Labute approximate surface area is 116 Å². The van der Waals surface area contributed by atoms with Gasteiger partial charge in [0.15, 0.2) is 0 Å². The molecule has 0 spiro atoms. The summed E-state index contributed by atoms with van der Waals surface area (Å²) in [5.74, 6) is -0.261. The monoisotopic (exact) mass is 278 g/mol. The van der Waals surface area contributed by atoms with Gasteiger partial charge in [0.05, 0.1) is 5.69 Å². The van der Waals surface area contributed by atoms with Crippen LogP contribution in [0.5, 0.6) is 0 Å². The van der Waals surface area contributed by atoms with Crippen molar-refractivity contribution < 1.29 is 8.78 Å². The van der Waals surface area contributed by atoms with Gasteiger partial charge in [-0.1, -0.05) is 0 Å². The van der Waals surface area contributed by atoms with Crippen LogP contribution in [-0.2, 0) is 0 Å². The molecule has 0 unspecified atom stereocenters. The summed E-state index contributed by atoms with van der Waals surface area (Å²) in [5, 5.41) is 2.75. The largest absolute Gasteiger partial charge is 0.357 e. The van der Waals surface area contributed by atoms with E-state index in [-0.39, 0.29) is 11.6 Å². The Balaban J connectivity index is 2.23. The van der Waals surface area contributed by atoms with Crippen LogP contribution in [0.15, 0.2) is 30.5 Å². The summed E-state index contributed by atoms with van der Waals surface area (Å²) in [7, 11) is 0. The van der Waals surface area contributed by atoms with Gasteiger partial charge in [0.2, 0.25) is 5.95 Å². The zero-order chi connectivity index (χ0) is 14.5. The summed E-state index contributed by atoms with van der Waals surface area (Å²) in [4.78, 5) is 10.4. The Hall–Kier alpha value is -2.24. The predicted molar refractivity (Wildman–Crippen MR) is 75.2 cm³/mol. The van der Waals surface area contributed by atoms with Crippen molar-refractivity contribution in [1.29, 1.82) is 0 Å². The molecule has 0 bridgehead atoms. The van der Waals surface area contributed by atoms with E-state index in [1.165, 1.54) is 12.1 Å². The van der Waals surface area contributed by atoms with Gasteiger partial charge in [-0.3, -0.25) is 0 Å². The molecule has 1 aromatic carbocycles. The maximum Gasteiger partial charge on any atom is 0.229 e. The minimum atomic E-state index is -0.679. The molecule has 0 amide bonds. The minimum absolute atomic E-state index is 0.142. The van der Waals surface area contributed by atoms with Crippen LogP contribution in [0.4, 0.5) is 26.2 Å². The topological polar surface area (TPSA) is 41.1 Å². The number of benzene rings is 1. The molecule has 1 heterocycles. The Morgan fingerprint density at radius 3 is 2.55 bits per heavy atom. The Bertz CT molecular complexity index is 585. The highest BCUT2D eigenvalue weighted by molar-refractivity contribution is 5.55. The number of rotatable bonds is 5. The van der Waals surface area contributed by atoms with Gasteiger partial charge < -0.3 is 10.2 Å². The molecule has 20 heavy (non-hydrogen) atoms. The van der Waals surface area contributed by atoms with E-state index in [1.807, 2.05) is 18.7 Å². The van der Waals surface area contributed by atoms with E-state index in [9.17, 15) is 8.78 Å². The molecular weight excluding hydrogens is 262 g/mol. The van der Waals surface area contributed by atoms with Crippen molar-refractivity contribution in [3.63, 3.8) is 0 Å². The fourth-order valence-electron chi connectivity index (χ4n) is 1.84. The molecule has 1 aromatic heterocycles. The first kappa shape index (κ1) is 14.2. The van der Waals surface area contributed by atoms with E-state index >= 15 is 0 Å². The lowest BCUT2D eigenvalue weighted by Gasteiger charge is -2.19. The van der Waals surface area contributed by atoms with Crippen LogP contribution in [0, 0.1) is 11.6 Å². The number of halogens is 2. The highest BCUT2D eigenvalue weighted by Crippen LogP contribution is 2.19. The summed E-state index contributed by atoms with van der Waals surface area (Å²) >= 11 is 0. The fraction of sp³-hybridized carbons (Fsp3) is 0.286. The molecule has 2 rings (SSSR count). The first-order chi connectivity index (χ1) is 9.63. The van der Waals surface area contributed by atoms with Gasteiger partial charge in [-0.25, -0.2) is 13.8 Å². The quantitative estimate of drug-likeness (QED) is 0.910. The van der Waals surface area contributed by atoms with Crippen LogP contribution >= 0.6 is 0 Å². The molecule has 2 aromatic rings. The highest BCUT2D eigenvalue weighted by atomic mass is 19.1. The minimum Gasteiger partial charge on any atom is -0.357 e. The van der Waals surface area contributed by atoms with E-state index in [1.54, 1.807) is 12.3 Å². The molecule has 0 saturated carbocycles. The smallest absolute Gasteiger partial charge is 0.229 e. The number of aromatic nitrogens is 2. The van der Waals surface area contributed by atoms with Crippen LogP contribution in [0.2, 0.25) is 0 Å². The van der Waals surface area contributed by atoms with Gasteiger partial charge in [0.25, 0.3) is 0 Å². The van der Waals surface area contributed by atoms with Crippen molar-refractivity contribution in [3.05, 3.63) is 42.1 Å². The fourth-order valence-corrected chi connectivity index (χ4v) is 1.84. The predicted octanol–water partition coefficient (Wildman–Crippen LogP) is 3.34. The number of hydrogen-bond donors (Lipinski definition) is 1. The van der Waals surface area contributed by atoms with E-state index in [0.29, 0.717) is 0 Å². The summed E-state index contributed by atoms with van der Waals surface area (Å²) in [6.45, 7) is 5.69. The van der Waals surface area contributed by atoms with E-state index in [2.05, 4.69) is 15.3 Å². The SMILES string of the molecule is CCN(CC)c1ccnc(Nc2ccc(F)cc2F)n1. The summed E-state index contributed by atoms with van der Waals surface area (Å²) in [6.07, 6.45) is 1.60. The highest BCUT2D eigenvalue weighted by Gasteiger charge is 2.08. The maximum absolute atomic E-state index is 13.6. The molecule has 0 aliphatic heterocycles. The molecule has 0 aliphatic rings. The van der Waals surface area contributed by atoms with Crippen molar-refractivity contribution in [2.45, 2.75) is 13.8 Å². The maximum atomic E-state index is 13.6. The second kappa shape index (κ2) is 6.27. The average Bonchev–Trinajstić information content (AvgIpc) is 2.44. The number of anilines is 3. The molecule has 0 aliphatic carbocycles. The molecule has 0 saturated heterocycles. The van der Waals surface area contributed by atoms with Crippen molar-refractivity contribution >= 4 is 17.5 Å². The second-order valence-electron chi connectivity index (χ2n) is 4.16. The number of nitrogens with one attached hydrogen (secondary N) is 1. The average molecular weight is 278 g/mol. The molecule has 0 atom stereocenters. The van der Waals surface area contributed by atoms with Gasteiger partial charge in [-0.15, -0.1) is 0 Å². The van der Waals surface area contributed by atoms with Crippen LogP contribution in [0.1, 0.15) is 13.8 Å². The lowest BCUT2D eigenvalue weighted by Crippen LogP contribution is -2.23. The molecule has 4 nitrogen and oxygen atoms in total. The zero-order valence-corrected chi connectivity index (χ0v) is 11.4. The van der Waals surface area contributed by atoms with Crippen molar-refractivity contribution in [2.24, 2.45) is 0 Å². The molecular formula is C14H16F2N4. The van der Waals surface area contributed by atoms with Crippen LogP contribution in [0.25, 0.3) is 0 Å². The Kier molecular flexibility index (Phi) is 4.45. The van der Waals surface area contributed by atoms with E-state index in [4.69, 9.17) is 0 Å². The second-order valence-corrected chi connectivity index (χ2v) is 4.16. The molecule has 6 heteroatoms. The van der Waals surface area contributed by atoms with Crippen LogP contribution < -0.4 is 10.2 Å². The van der Waals surface area contributed by atoms with E-state index < -0.39 is 11.6 Å². The standard InChI is InChI=1S/C14H16F2N4/c1-3-20(4-2)13-7-8-17-14(19-13)18-12-6-5-10(15)9-11(12)16/h5-9H,3-4H2,1-2H3,(H,17,18,19). The summed E-state index contributed by atoms with van der Waals surface area (Å²) in [5.41, 5.74) is 0.142. The Morgan fingerprint density at radius 1 is 1.15 bits per heavy atom. The number of nitrogens with zero attached hydrogens (tertiary/aromatic N) is 3. The van der Waals surface area contributed by atoms with Crippen molar-refractivity contribution in [3.8, 4) is 0 Å². The van der Waals surface area contributed by atoms with Gasteiger partial charge in [-0.2, -0.15) is 4.98 Å². The van der Waals surface area contributed by atoms with Gasteiger partial charge >= 0.3 is 0 Å². The van der Waals surface area contributed by atoms with Gasteiger partial charge in [-0.05, 0) is 32.0 Å². The first-order valence-corrected chi connectivity index (χ1v) is 6.44. The number of hydrogen-bond acceptors (Lipinski definition) is 4. The first-order valence-electron chi connectivity index (χ1n) is 6.44.